The first-order valence-corrected chi connectivity index (χ1v) is 6.55. The molecule has 0 fully saturated rings. The Hall–Kier alpha value is -1.23. The third kappa shape index (κ3) is 8.48. The number of rotatable bonds is 4. The van der Waals surface area contributed by atoms with Gasteiger partial charge in [-0.2, -0.15) is 13.2 Å². The van der Waals surface area contributed by atoms with Crippen molar-refractivity contribution in [2.24, 2.45) is 0 Å². The molecular formula is C14H23F3N2. The van der Waals surface area contributed by atoms with Crippen molar-refractivity contribution in [2.75, 3.05) is 19.6 Å². The molecule has 1 rings (SSSR count). The zero-order valence-electron chi connectivity index (χ0n) is 11.8. The van der Waals surface area contributed by atoms with Crippen molar-refractivity contribution < 1.29 is 13.2 Å². The molecule has 0 bridgehead atoms. The van der Waals surface area contributed by atoms with Crippen molar-refractivity contribution in [3.05, 3.63) is 35.6 Å². The van der Waals surface area contributed by atoms with Crippen molar-refractivity contribution in [3.63, 3.8) is 0 Å². The second-order valence-corrected chi connectivity index (χ2v) is 3.87. The highest BCUT2D eigenvalue weighted by molar-refractivity contribution is 5.33. The monoisotopic (exact) mass is 276 g/mol. The lowest BCUT2D eigenvalue weighted by atomic mass is 10.2. The van der Waals surface area contributed by atoms with E-state index >= 15 is 0 Å². The van der Waals surface area contributed by atoms with E-state index in [2.05, 4.69) is 24.5 Å². The topological polar surface area (TPSA) is 24.1 Å². The van der Waals surface area contributed by atoms with Gasteiger partial charge in [0.05, 0.1) is 5.57 Å². The lowest BCUT2D eigenvalue weighted by Crippen LogP contribution is -2.11. The third-order valence-corrected chi connectivity index (χ3v) is 2.33. The summed E-state index contributed by atoms with van der Waals surface area (Å²) < 4.78 is 36.8. The normalized spacial score (nSPS) is 14.8. The summed E-state index contributed by atoms with van der Waals surface area (Å²) in [6.07, 6.45) is 1.53. The largest absolute Gasteiger partial charge is 0.416 e. The molecule has 0 amide bonds. The van der Waals surface area contributed by atoms with Gasteiger partial charge in [-0.05, 0) is 38.6 Å². The van der Waals surface area contributed by atoms with Gasteiger partial charge in [0.1, 0.15) is 0 Å². The van der Waals surface area contributed by atoms with Gasteiger partial charge >= 0.3 is 6.18 Å². The zero-order valence-corrected chi connectivity index (χ0v) is 11.8. The van der Waals surface area contributed by atoms with Crippen LogP contribution in [0.15, 0.2) is 35.6 Å². The van der Waals surface area contributed by atoms with E-state index in [1.165, 1.54) is 12.2 Å². The van der Waals surface area contributed by atoms with Gasteiger partial charge in [0.15, 0.2) is 0 Å². The predicted octanol–water partition coefficient (Wildman–Crippen LogP) is 3.54. The number of alkyl halides is 3. The summed E-state index contributed by atoms with van der Waals surface area (Å²) in [7, 11) is 0. The molecule has 0 aromatic heterocycles. The summed E-state index contributed by atoms with van der Waals surface area (Å²) in [6, 6.07) is 0. The number of nitrogens with one attached hydrogen (secondary N) is 2. The van der Waals surface area contributed by atoms with Gasteiger partial charge in [-0.3, -0.25) is 0 Å². The van der Waals surface area contributed by atoms with Crippen molar-refractivity contribution in [1.82, 2.24) is 10.6 Å². The highest BCUT2D eigenvalue weighted by Crippen LogP contribution is 2.28. The molecule has 0 aromatic carbocycles. The van der Waals surface area contributed by atoms with Crippen LogP contribution in [0, 0.1) is 0 Å². The lowest BCUT2D eigenvalue weighted by Gasteiger charge is -2.05. The Labute approximate surface area is 113 Å². The molecule has 0 saturated carbocycles. The zero-order chi connectivity index (χ0) is 14.7. The molecule has 0 saturated heterocycles. The molecule has 0 heterocycles. The first kappa shape index (κ1) is 17.8. The molecule has 0 radical (unpaired) electrons. The Kier molecular flexibility index (Phi) is 9.04. The molecule has 0 aliphatic heterocycles. The summed E-state index contributed by atoms with van der Waals surface area (Å²) in [6.45, 7) is 9.00. The van der Waals surface area contributed by atoms with E-state index in [1.54, 1.807) is 6.08 Å². The second-order valence-electron chi connectivity index (χ2n) is 3.87. The molecule has 0 aromatic rings. The van der Waals surface area contributed by atoms with Crippen LogP contribution in [0.25, 0.3) is 0 Å². The Morgan fingerprint density at radius 3 is 2.05 bits per heavy atom. The SMILES string of the molecule is CCNC1=CCC=C(C(F)(F)F)C=C1.CCNCC. The summed E-state index contributed by atoms with van der Waals surface area (Å²) in [5.74, 6) is 0. The maximum absolute atomic E-state index is 12.3. The molecule has 1 aliphatic rings. The highest BCUT2D eigenvalue weighted by atomic mass is 19.4. The standard InChI is InChI=1S/C10H12F3N.C4H11N/c1-2-14-9-5-3-4-8(6-7-9)10(11,12)13;1-3-5-4-2/h4-7,14H,2-3H2,1H3;5H,3-4H2,1-2H3. The summed E-state index contributed by atoms with van der Waals surface area (Å²) in [5, 5.41) is 6.08. The first-order chi connectivity index (χ1) is 8.95. The molecule has 0 unspecified atom stereocenters. The fraction of sp³-hybridized carbons (Fsp3) is 0.571. The van der Waals surface area contributed by atoms with Gasteiger partial charge in [-0.1, -0.05) is 26.0 Å². The van der Waals surface area contributed by atoms with E-state index in [4.69, 9.17) is 0 Å². The van der Waals surface area contributed by atoms with E-state index in [9.17, 15) is 13.2 Å². The minimum atomic E-state index is -4.24. The fourth-order valence-electron chi connectivity index (χ4n) is 1.42. The minimum absolute atomic E-state index is 0.310. The fourth-order valence-corrected chi connectivity index (χ4v) is 1.42. The Morgan fingerprint density at radius 1 is 1.00 bits per heavy atom. The van der Waals surface area contributed by atoms with Crippen LogP contribution in [-0.4, -0.2) is 25.8 Å². The van der Waals surface area contributed by atoms with E-state index in [0.29, 0.717) is 13.0 Å². The van der Waals surface area contributed by atoms with Gasteiger partial charge in [0.2, 0.25) is 0 Å². The number of halogens is 3. The molecule has 1 aliphatic carbocycles. The van der Waals surface area contributed by atoms with Crippen LogP contribution in [0.3, 0.4) is 0 Å². The van der Waals surface area contributed by atoms with Crippen LogP contribution in [0.5, 0.6) is 0 Å². The average Bonchev–Trinajstić information content (AvgIpc) is 2.56. The molecule has 0 atom stereocenters. The smallest absolute Gasteiger partial charge is 0.386 e. The van der Waals surface area contributed by atoms with E-state index < -0.39 is 11.7 Å². The van der Waals surface area contributed by atoms with E-state index in [-0.39, 0.29) is 0 Å². The highest BCUT2D eigenvalue weighted by Gasteiger charge is 2.31. The van der Waals surface area contributed by atoms with E-state index in [0.717, 1.165) is 24.9 Å². The molecule has 5 heteroatoms. The van der Waals surface area contributed by atoms with Crippen molar-refractivity contribution in [1.29, 1.82) is 0 Å². The maximum atomic E-state index is 12.3. The van der Waals surface area contributed by atoms with Crippen LogP contribution < -0.4 is 10.6 Å². The van der Waals surface area contributed by atoms with Gasteiger partial charge < -0.3 is 10.6 Å². The number of hydrogen-bond donors (Lipinski definition) is 2. The first-order valence-electron chi connectivity index (χ1n) is 6.55. The van der Waals surface area contributed by atoms with Crippen LogP contribution in [0.4, 0.5) is 13.2 Å². The van der Waals surface area contributed by atoms with Gasteiger partial charge in [-0.25, -0.2) is 0 Å². The predicted molar refractivity (Wildman–Crippen MR) is 73.9 cm³/mol. The molecule has 19 heavy (non-hydrogen) atoms. The van der Waals surface area contributed by atoms with Crippen LogP contribution >= 0.6 is 0 Å². The Morgan fingerprint density at radius 2 is 1.63 bits per heavy atom. The minimum Gasteiger partial charge on any atom is -0.386 e. The number of hydrogen-bond acceptors (Lipinski definition) is 2. The number of allylic oxidation sites excluding steroid dienone is 5. The van der Waals surface area contributed by atoms with Crippen LogP contribution in [0.2, 0.25) is 0 Å². The molecule has 110 valence electrons. The van der Waals surface area contributed by atoms with Crippen LogP contribution in [0.1, 0.15) is 27.2 Å². The maximum Gasteiger partial charge on any atom is 0.416 e. The average molecular weight is 276 g/mol. The molecule has 2 nitrogen and oxygen atoms in total. The van der Waals surface area contributed by atoms with E-state index in [1.807, 2.05) is 6.92 Å². The van der Waals surface area contributed by atoms with Crippen molar-refractivity contribution in [2.45, 2.75) is 33.4 Å². The molecular weight excluding hydrogens is 253 g/mol. The van der Waals surface area contributed by atoms with Crippen LogP contribution in [-0.2, 0) is 0 Å². The summed E-state index contributed by atoms with van der Waals surface area (Å²) in [5.41, 5.74) is 0.157. The Balaban J connectivity index is 0.000000555. The molecule has 2 N–H and O–H groups in total. The Bertz CT molecular complexity index is 326. The summed E-state index contributed by atoms with van der Waals surface area (Å²) in [4.78, 5) is 0. The lowest BCUT2D eigenvalue weighted by molar-refractivity contribution is -0.0883. The van der Waals surface area contributed by atoms with Crippen molar-refractivity contribution >= 4 is 0 Å². The van der Waals surface area contributed by atoms with Crippen molar-refractivity contribution in [3.8, 4) is 0 Å². The quantitative estimate of drug-likeness (QED) is 0.820. The van der Waals surface area contributed by atoms with Gasteiger partial charge in [0.25, 0.3) is 0 Å². The third-order valence-electron chi connectivity index (χ3n) is 2.33. The van der Waals surface area contributed by atoms with Gasteiger partial charge in [0, 0.05) is 12.2 Å². The second kappa shape index (κ2) is 9.67. The van der Waals surface area contributed by atoms with Gasteiger partial charge in [-0.15, -0.1) is 0 Å². The molecule has 0 spiro atoms. The summed E-state index contributed by atoms with van der Waals surface area (Å²) >= 11 is 0. The number of likely N-dealkylation sites (N-methyl/N-ethyl adjacent to an activating group) is 1.